The van der Waals surface area contributed by atoms with Gasteiger partial charge in [0.2, 0.25) is 0 Å². The van der Waals surface area contributed by atoms with Crippen LogP contribution in [-0.2, 0) is 4.74 Å². The Kier molecular flexibility index (Phi) is 5.66. The second-order valence-electron chi connectivity index (χ2n) is 5.38. The molecule has 22 heavy (non-hydrogen) atoms. The molecule has 0 aromatic heterocycles. The molecule has 0 aliphatic rings. The minimum atomic E-state index is -1.19. The molecule has 0 atom stereocenters. The SMILES string of the molecule is CC(C)(C)OC(=O)NCC#Cc1cc(Cl)cc(C(=O)O)c1N. The first-order valence-corrected chi connectivity index (χ1v) is 6.76. The van der Waals surface area contributed by atoms with E-state index >= 15 is 0 Å². The average molecular weight is 325 g/mol. The number of carbonyl (C=O) groups is 2. The Bertz CT molecular complexity index is 654. The summed E-state index contributed by atoms with van der Waals surface area (Å²) >= 11 is 5.83. The first kappa shape index (κ1) is 17.7. The van der Waals surface area contributed by atoms with Gasteiger partial charge in [-0.2, -0.15) is 0 Å². The molecule has 1 aromatic carbocycles. The summed E-state index contributed by atoms with van der Waals surface area (Å²) in [6.07, 6.45) is -0.591. The predicted octanol–water partition coefficient (Wildman–Crippen LogP) is 2.50. The van der Waals surface area contributed by atoms with Crippen LogP contribution in [0.25, 0.3) is 0 Å². The van der Waals surface area contributed by atoms with Crippen LogP contribution in [0.2, 0.25) is 5.02 Å². The third kappa shape index (κ3) is 5.54. The van der Waals surface area contributed by atoms with Crippen LogP contribution in [0.4, 0.5) is 10.5 Å². The lowest BCUT2D eigenvalue weighted by Gasteiger charge is -2.19. The molecule has 0 fully saturated rings. The Morgan fingerprint density at radius 2 is 2.05 bits per heavy atom. The molecule has 0 radical (unpaired) electrons. The molecule has 1 aromatic rings. The number of ether oxygens (including phenoxy) is 1. The van der Waals surface area contributed by atoms with Crippen LogP contribution in [0.15, 0.2) is 12.1 Å². The lowest BCUT2D eigenvalue weighted by molar-refractivity contribution is 0.0534. The number of anilines is 1. The van der Waals surface area contributed by atoms with Gasteiger partial charge in [-0.15, -0.1) is 0 Å². The predicted molar refractivity (Wildman–Crippen MR) is 83.9 cm³/mol. The minimum absolute atomic E-state index is 0.0293. The van der Waals surface area contributed by atoms with Gasteiger partial charge in [0, 0.05) is 10.6 Å². The van der Waals surface area contributed by atoms with E-state index in [-0.39, 0.29) is 28.4 Å². The molecule has 0 heterocycles. The fraction of sp³-hybridized carbons (Fsp3) is 0.333. The van der Waals surface area contributed by atoms with E-state index in [1.54, 1.807) is 20.8 Å². The van der Waals surface area contributed by atoms with Crippen LogP contribution in [0.3, 0.4) is 0 Å². The fourth-order valence-corrected chi connectivity index (χ4v) is 1.69. The molecule has 118 valence electrons. The van der Waals surface area contributed by atoms with Crippen LogP contribution in [0.5, 0.6) is 0 Å². The highest BCUT2D eigenvalue weighted by molar-refractivity contribution is 6.31. The molecular weight excluding hydrogens is 308 g/mol. The molecule has 4 N–H and O–H groups in total. The highest BCUT2D eigenvalue weighted by atomic mass is 35.5. The Morgan fingerprint density at radius 3 is 2.59 bits per heavy atom. The molecular formula is C15H17ClN2O4. The number of nitrogen functional groups attached to an aromatic ring is 1. The Balaban J connectivity index is 2.77. The van der Waals surface area contributed by atoms with Gasteiger partial charge in [0.05, 0.1) is 17.8 Å². The molecule has 0 unspecified atom stereocenters. The van der Waals surface area contributed by atoms with Crippen LogP contribution in [0, 0.1) is 11.8 Å². The van der Waals surface area contributed by atoms with E-state index < -0.39 is 17.7 Å². The molecule has 0 spiro atoms. The molecule has 0 saturated heterocycles. The summed E-state index contributed by atoms with van der Waals surface area (Å²) in [4.78, 5) is 22.4. The third-order valence-electron chi connectivity index (χ3n) is 2.32. The summed E-state index contributed by atoms with van der Waals surface area (Å²) in [5.74, 6) is 4.15. The summed E-state index contributed by atoms with van der Waals surface area (Å²) in [6.45, 7) is 5.28. The van der Waals surface area contributed by atoms with Gasteiger partial charge in [-0.05, 0) is 32.9 Å². The van der Waals surface area contributed by atoms with Crippen molar-refractivity contribution in [3.05, 3.63) is 28.3 Å². The van der Waals surface area contributed by atoms with Crippen molar-refractivity contribution in [2.75, 3.05) is 12.3 Å². The number of amides is 1. The van der Waals surface area contributed by atoms with Crippen molar-refractivity contribution < 1.29 is 19.4 Å². The fourth-order valence-electron chi connectivity index (χ4n) is 1.47. The molecule has 6 nitrogen and oxygen atoms in total. The maximum Gasteiger partial charge on any atom is 0.408 e. The van der Waals surface area contributed by atoms with Crippen LogP contribution in [-0.4, -0.2) is 29.3 Å². The molecule has 0 bridgehead atoms. The average Bonchev–Trinajstić information content (AvgIpc) is 2.35. The van der Waals surface area contributed by atoms with Gasteiger partial charge >= 0.3 is 12.1 Å². The number of carbonyl (C=O) groups excluding carboxylic acids is 1. The van der Waals surface area contributed by atoms with Gasteiger partial charge in [-0.1, -0.05) is 23.4 Å². The lowest BCUT2D eigenvalue weighted by atomic mass is 10.1. The van der Waals surface area contributed by atoms with Crippen molar-refractivity contribution >= 4 is 29.4 Å². The van der Waals surface area contributed by atoms with Crippen molar-refractivity contribution in [1.82, 2.24) is 5.32 Å². The second-order valence-corrected chi connectivity index (χ2v) is 5.81. The number of nitrogens with one attached hydrogen (secondary N) is 1. The monoisotopic (exact) mass is 324 g/mol. The highest BCUT2D eigenvalue weighted by Gasteiger charge is 2.15. The summed E-state index contributed by atoms with van der Waals surface area (Å²) in [5, 5.41) is 11.7. The second kappa shape index (κ2) is 7.05. The smallest absolute Gasteiger partial charge is 0.408 e. The molecule has 0 aliphatic carbocycles. The topological polar surface area (TPSA) is 102 Å². The maximum atomic E-state index is 11.4. The molecule has 0 saturated carbocycles. The minimum Gasteiger partial charge on any atom is -0.478 e. The number of benzene rings is 1. The zero-order valence-electron chi connectivity index (χ0n) is 12.5. The van der Waals surface area contributed by atoms with Gasteiger partial charge in [0.25, 0.3) is 0 Å². The summed E-state index contributed by atoms with van der Waals surface area (Å²) in [5.41, 5.74) is 5.34. The number of halogens is 1. The number of carboxylic acids is 1. The summed E-state index contributed by atoms with van der Waals surface area (Å²) in [7, 11) is 0. The van der Waals surface area contributed by atoms with Crippen LogP contribution in [0.1, 0.15) is 36.7 Å². The molecule has 7 heteroatoms. The van der Waals surface area contributed by atoms with Crippen molar-refractivity contribution in [2.24, 2.45) is 0 Å². The van der Waals surface area contributed by atoms with E-state index in [0.29, 0.717) is 0 Å². The summed E-state index contributed by atoms with van der Waals surface area (Å²) < 4.78 is 5.04. The normalized spacial score (nSPS) is 10.4. The zero-order valence-corrected chi connectivity index (χ0v) is 13.2. The molecule has 1 rings (SSSR count). The summed E-state index contributed by atoms with van der Waals surface area (Å²) in [6, 6.07) is 2.72. The van der Waals surface area contributed by atoms with E-state index in [1.165, 1.54) is 12.1 Å². The van der Waals surface area contributed by atoms with Crippen molar-refractivity contribution in [2.45, 2.75) is 26.4 Å². The van der Waals surface area contributed by atoms with Crippen molar-refractivity contribution in [1.29, 1.82) is 0 Å². The molecule has 1 amide bonds. The number of alkyl carbamates (subject to hydrolysis) is 1. The van der Waals surface area contributed by atoms with E-state index in [9.17, 15) is 9.59 Å². The Morgan fingerprint density at radius 1 is 1.41 bits per heavy atom. The molecule has 0 aliphatic heterocycles. The first-order chi connectivity index (χ1) is 10.1. The largest absolute Gasteiger partial charge is 0.478 e. The van der Waals surface area contributed by atoms with Gasteiger partial charge < -0.3 is 20.9 Å². The van der Waals surface area contributed by atoms with E-state index in [2.05, 4.69) is 17.2 Å². The van der Waals surface area contributed by atoms with Crippen LogP contribution >= 0.6 is 11.6 Å². The van der Waals surface area contributed by atoms with E-state index in [0.717, 1.165) is 0 Å². The number of hydrogen-bond acceptors (Lipinski definition) is 4. The lowest BCUT2D eigenvalue weighted by Crippen LogP contribution is -2.32. The number of carboxylic acid groups (broad SMARTS) is 1. The first-order valence-electron chi connectivity index (χ1n) is 6.38. The van der Waals surface area contributed by atoms with Crippen molar-refractivity contribution in [3.63, 3.8) is 0 Å². The maximum absolute atomic E-state index is 11.4. The van der Waals surface area contributed by atoms with Gasteiger partial charge in [-0.3, -0.25) is 0 Å². The Hall–Kier alpha value is -2.39. The Labute approximate surface area is 133 Å². The van der Waals surface area contributed by atoms with E-state index in [4.69, 9.17) is 27.2 Å². The number of hydrogen-bond donors (Lipinski definition) is 3. The highest BCUT2D eigenvalue weighted by Crippen LogP contribution is 2.22. The van der Waals surface area contributed by atoms with Crippen molar-refractivity contribution in [3.8, 4) is 11.8 Å². The number of rotatable bonds is 2. The van der Waals surface area contributed by atoms with Gasteiger partial charge in [0.1, 0.15) is 5.60 Å². The quantitative estimate of drug-likeness (QED) is 0.573. The number of aromatic carboxylic acids is 1. The standard InChI is InChI=1S/C15H17ClN2O4/c1-15(2,3)22-14(21)18-6-4-5-9-7-10(16)8-11(12(9)17)13(19)20/h7-8H,6,17H2,1-3H3,(H,18,21)(H,19,20). The third-order valence-corrected chi connectivity index (χ3v) is 2.54. The van der Waals surface area contributed by atoms with Gasteiger partial charge in [-0.25, -0.2) is 9.59 Å². The number of nitrogens with two attached hydrogens (primary N) is 1. The van der Waals surface area contributed by atoms with Gasteiger partial charge in [0.15, 0.2) is 0 Å². The zero-order chi connectivity index (χ0) is 16.9. The van der Waals surface area contributed by atoms with Crippen LogP contribution < -0.4 is 11.1 Å². The van der Waals surface area contributed by atoms with E-state index in [1.807, 2.05) is 0 Å².